The molecule has 2 aromatic rings. The topological polar surface area (TPSA) is 63.5 Å². The van der Waals surface area contributed by atoms with Crippen LogP contribution in [0.25, 0.3) is 0 Å². The Balaban J connectivity index is 1.53. The van der Waals surface area contributed by atoms with Gasteiger partial charge in [-0.3, -0.25) is 4.79 Å². The summed E-state index contributed by atoms with van der Waals surface area (Å²) in [5.41, 5.74) is 0. The quantitative estimate of drug-likeness (QED) is 0.833. The van der Waals surface area contributed by atoms with Crippen molar-refractivity contribution in [3.05, 3.63) is 36.8 Å². The van der Waals surface area contributed by atoms with E-state index in [0.29, 0.717) is 31.3 Å². The van der Waals surface area contributed by atoms with Gasteiger partial charge in [-0.2, -0.15) is 4.98 Å². The molecule has 3 heterocycles. The lowest BCUT2D eigenvalue weighted by molar-refractivity contribution is -0.132. The second kappa shape index (κ2) is 7.33. The number of hydrogen-bond donors (Lipinski definition) is 0. The van der Waals surface area contributed by atoms with E-state index in [-0.39, 0.29) is 11.9 Å². The Morgan fingerprint density at radius 2 is 1.96 bits per heavy atom. The van der Waals surface area contributed by atoms with Gasteiger partial charge in [-0.15, -0.1) is 0 Å². The molecule has 0 bridgehead atoms. The number of hydrogen-bond acceptors (Lipinski definition) is 5. The van der Waals surface area contributed by atoms with Crippen LogP contribution >= 0.6 is 0 Å². The zero-order chi connectivity index (χ0) is 16.9. The third-order valence-corrected chi connectivity index (χ3v) is 4.35. The van der Waals surface area contributed by atoms with Gasteiger partial charge in [-0.25, -0.2) is 4.98 Å². The molecule has 1 unspecified atom stereocenters. The van der Waals surface area contributed by atoms with Crippen LogP contribution in [-0.4, -0.2) is 58.6 Å². The fourth-order valence-corrected chi connectivity index (χ4v) is 2.88. The first-order valence-corrected chi connectivity index (χ1v) is 8.19. The van der Waals surface area contributed by atoms with E-state index >= 15 is 0 Å². The monoisotopic (exact) mass is 329 g/mol. The molecule has 0 aliphatic carbocycles. The van der Waals surface area contributed by atoms with Crippen molar-refractivity contribution in [3.63, 3.8) is 0 Å². The normalized spacial score (nSPS) is 16.1. The highest BCUT2D eigenvalue weighted by molar-refractivity contribution is 5.77. The molecular formula is C17H23N5O2. The minimum Gasteiger partial charge on any atom is -0.481 e. The van der Waals surface area contributed by atoms with E-state index in [1.807, 2.05) is 29.4 Å². The smallest absolute Gasteiger partial charge is 0.228 e. The van der Waals surface area contributed by atoms with Crippen LogP contribution in [0.2, 0.25) is 0 Å². The maximum atomic E-state index is 12.5. The molecular weight excluding hydrogens is 306 g/mol. The van der Waals surface area contributed by atoms with Gasteiger partial charge in [0.05, 0.1) is 7.11 Å². The predicted molar refractivity (Wildman–Crippen MR) is 91.1 cm³/mol. The highest BCUT2D eigenvalue weighted by Gasteiger charge is 2.24. The number of ether oxygens (including phenoxy) is 1. The number of rotatable bonds is 5. The molecule has 1 atom stereocenters. The van der Waals surface area contributed by atoms with Gasteiger partial charge in [0.2, 0.25) is 17.7 Å². The maximum absolute atomic E-state index is 12.5. The van der Waals surface area contributed by atoms with Crippen LogP contribution < -0.4 is 9.64 Å². The molecule has 0 spiro atoms. The van der Waals surface area contributed by atoms with E-state index in [4.69, 9.17) is 4.74 Å². The van der Waals surface area contributed by atoms with Crippen LogP contribution in [0, 0.1) is 0 Å². The van der Waals surface area contributed by atoms with E-state index in [1.54, 1.807) is 19.4 Å². The summed E-state index contributed by atoms with van der Waals surface area (Å²) in [4.78, 5) is 25.1. The molecule has 1 aliphatic heterocycles. The van der Waals surface area contributed by atoms with Gasteiger partial charge in [0.25, 0.3) is 0 Å². The number of anilines is 1. The van der Waals surface area contributed by atoms with Crippen LogP contribution in [0.3, 0.4) is 0 Å². The molecule has 2 aromatic heterocycles. The lowest BCUT2D eigenvalue weighted by atomic mass is 10.2. The first kappa shape index (κ1) is 16.3. The Kier molecular flexibility index (Phi) is 4.98. The Morgan fingerprint density at radius 1 is 1.25 bits per heavy atom. The molecule has 1 aliphatic rings. The molecule has 128 valence electrons. The number of piperazine rings is 1. The summed E-state index contributed by atoms with van der Waals surface area (Å²) in [6.07, 6.45) is 6.20. The van der Waals surface area contributed by atoms with E-state index < -0.39 is 0 Å². The van der Waals surface area contributed by atoms with Crippen molar-refractivity contribution in [2.24, 2.45) is 0 Å². The number of carbonyl (C=O) groups excluding carboxylic acids is 1. The zero-order valence-electron chi connectivity index (χ0n) is 14.1. The highest BCUT2D eigenvalue weighted by Crippen LogP contribution is 2.17. The number of methoxy groups -OCH3 is 1. The van der Waals surface area contributed by atoms with Crippen molar-refractivity contribution in [3.8, 4) is 5.88 Å². The van der Waals surface area contributed by atoms with Gasteiger partial charge >= 0.3 is 0 Å². The van der Waals surface area contributed by atoms with E-state index in [1.165, 1.54) is 0 Å². The van der Waals surface area contributed by atoms with Gasteiger partial charge in [-0.05, 0) is 19.1 Å². The Bertz CT molecular complexity index is 665. The largest absolute Gasteiger partial charge is 0.481 e. The van der Waals surface area contributed by atoms with Gasteiger partial charge < -0.3 is 19.1 Å². The maximum Gasteiger partial charge on any atom is 0.228 e. The molecule has 7 heteroatoms. The van der Waals surface area contributed by atoms with Gasteiger partial charge in [0, 0.05) is 63.3 Å². The van der Waals surface area contributed by atoms with Crippen molar-refractivity contribution in [1.82, 2.24) is 19.4 Å². The first-order chi connectivity index (χ1) is 11.7. The van der Waals surface area contributed by atoms with Crippen LogP contribution in [0.15, 0.2) is 36.8 Å². The molecule has 7 nitrogen and oxygen atoms in total. The van der Waals surface area contributed by atoms with Crippen LogP contribution in [-0.2, 0) is 4.79 Å². The summed E-state index contributed by atoms with van der Waals surface area (Å²) in [5.74, 6) is 1.41. The summed E-state index contributed by atoms with van der Waals surface area (Å²) in [6, 6.07) is 5.86. The molecule has 0 radical (unpaired) electrons. The summed E-state index contributed by atoms with van der Waals surface area (Å²) < 4.78 is 7.21. The van der Waals surface area contributed by atoms with Crippen LogP contribution in [0.1, 0.15) is 19.4 Å². The van der Waals surface area contributed by atoms with E-state index in [9.17, 15) is 4.79 Å². The standard InChI is InChI=1S/C17H23N5O2/c1-14(20-7-3-4-8-20)13-16(23)21-9-11-22(12-10-21)17-18-6-5-15(19-17)24-2/h3-8,14H,9-13H2,1-2H3. The lowest BCUT2D eigenvalue weighted by Gasteiger charge is -2.35. The Hall–Kier alpha value is -2.57. The van der Waals surface area contributed by atoms with Gasteiger partial charge in [-0.1, -0.05) is 0 Å². The summed E-state index contributed by atoms with van der Waals surface area (Å²) in [6.45, 7) is 4.92. The van der Waals surface area contributed by atoms with Crippen molar-refractivity contribution in [2.45, 2.75) is 19.4 Å². The van der Waals surface area contributed by atoms with Crippen molar-refractivity contribution < 1.29 is 9.53 Å². The number of amides is 1. The second-order valence-electron chi connectivity index (χ2n) is 5.95. The molecule has 24 heavy (non-hydrogen) atoms. The fourth-order valence-electron chi connectivity index (χ4n) is 2.88. The molecule has 1 fully saturated rings. The third kappa shape index (κ3) is 3.67. The average molecular weight is 329 g/mol. The molecule has 3 rings (SSSR count). The molecule has 1 amide bonds. The van der Waals surface area contributed by atoms with Crippen LogP contribution in [0.5, 0.6) is 5.88 Å². The molecule has 0 aromatic carbocycles. The Labute approximate surface area is 141 Å². The highest BCUT2D eigenvalue weighted by atomic mass is 16.5. The van der Waals surface area contributed by atoms with Crippen molar-refractivity contribution >= 4 is 11.9 Å². The third-order valence-electron chi connectivity index (χ3n) is 4.35. The van der Waals surface area contributed by atoms with Crippen molar-refractivity contribution in [2.75, 3.05) is 38.2 Å². The lowest BCUT2D eigenvalue weighted by Crippen LogP contribution is -2.49. The van der Waals surface area contributed by atoms with Crippen LogP contribution in [0.4, 0.5) is 5.95 Å². The van der Waals surface area contributed by atoms with Crippen molar-refractivity contribution in [1.29, 1.82) is 0 Å². The molecule has 1 saturated heterocycles. The Morgan fingerprint density at radius 3 is 2.62 bits per heavy atom. The summed E-state index contributed by atoms with van der Waals surface area (Å²) in [7, 11) is 1.59. The average Bonchev–Trinajstić information content (AvgIpc) is 3.16. The van der Waals surface area contributed by atoms with E-state index in [2.05, 4.69) is 26.4 Å². The summed E-state index contributed by atoms with van der Waals surface area (Å²) in [5, 5.41) is 0. The fraction of sp³-hybridized carbons (Fsp3) is 0.471. The second-order valence-corrected chi connectivity index (χ2v) is 5.95. The minimum absolute atomic E-state index is 0.173. The zero-order valence-corrected chi connectivity index (χ0v) is 14.1. The van der Waals surface area contributed by atoms with Gasteiger partial charge in [0.1, 0.15) is 0 Å². The van der Waals surface area contributed by atoms with E-state index in [0.717, 1.165) is 13.1 Å². The summed E-state index contributed by atoms with van der Waals surface area (Å²) >= 11 is 0. The SMILES string of the molecule is COc1ccnc(N2CCN(C(=O)CC(C)n3cccc3)CC2)n1. The number of carbonyl (C=O) groups is 1. The molecule has 0 saturated carbocycles. The predicted octanol–water partition coefficient (Wildman–Crippen LogP) is 1.59. The first-order valence-electron chi connectivity index (χ1n) is 8.19. The number of nitrogens with zero attached hydrogens (tertiary/aromatic N) is 5. The van der Waals surface area contributed by atoms with Gasteiger partial charge in [0.15, 0.2) is 0 Å². The number of aromatic nitrogens is 3. The molecule has 0 N–H and O–H groups in total. The minimum atomic E-state index is 0.173.